The third kappa shape index (κ3) is 8.07. The maximum atomic E-state index is 12.5. The third-order valence-electron chi connectivity index (χ3n) is 4.15. The van der Waals surface area contributed by atoms with Gasteiger partial charge in [0.1, 0.15) is 0 Å². The summed E-state index contributed by atoms with van der Waals surface area (Å²) in [4.78, 5) is 10.1. The van der Waals surface area contributed by atoms with E-state index in [4.69, 9.17) is 0 Å². The third-order valence-corrected chi connectivity index (χ3v) is 4.15. The van der Waals surface area contributed by atoms with E-state index in [0.717, 1.165) is 12.0 Å². The molecular formula is C17H27F3IN5. The van der Waals surface area contributed by atoms with E-state index >= 15 is 0 Å². The van der Waals surface area contributed by atoms with Crippen LogP contribution in [0.15, 0.2) is 23.5 Å². The molecule has 0 amide bonds. The molecule has 148 valence electrons. The van der Waals surface area contributed by atoms with E-state index in [-0.39, 0.29) is 30.0 Å². The first kappa shape index (κ1) is 22.9. The standard InChI is InChI=1S/C17H26F3N5.HI/c1-3-22-16(23-8-5-14-4-7-21-10-13(14)2)24-15-6-9-25(11-15)12-17(18,19)20;/h4,7,10,15H,3,5-6,8-9,11-12H2,1-2H3,(H2,22,23,24);1H. The van der Waals surface area contributed by atoms with Gasteiger partial charge in [0.25, 0.3) is 0 Å². The lowest BCUT2D eigenvalue weighted by molar-refractivity contribution is -0.143. The second kappa shape index (κ2) is 10.9. The number of hydrogen-bond donors (Lipinski definition) is 2. The van der Waals surface area contributed by atoms with Crippen LogP contribution in [0.1, 0.15) is 24.5 Å². The molecular weight excluding hydrogens is 458 g/mol. The van der Waals surface area contributed by atoms with Gasteiger partial charge in [0.15, 0.2) is 5.96 Å². The van der Waals surface area contributed by atoms with Gasteiger partial charge in [-0.25, -0.2) is 0 Å². The number of pyridine rings is 1. The highest BCUT2D eigenvalue weighted by atomic mass is 127. The molecule has 1 saturated heterocycles. The second-order valence-corrected chi connectivity index (χ2v) is 6.29. The summed E-state index contributed by atoms with van der Waals surface area (Å²) in [7, 11) is 0. The Bertz CT molecular complexity index is 580. The van der Waals surface area contributed by atoms with Crippen molar-refractivity contribution in [2.45, 2.75) is 38.9 Å². The quantitative estimate of drug-likeness (QED) is 0.370. The zero-order valence-electron chi connectivity index (χ0n) is 15.1. The molecule has 1 aliphatic rings. The number of rotatable bonds is 6. The highest BCUT2D eigenvalue weighted by Crippen LogP contribution is 2.19. The summed E-state index contributed by atoms with van der Waals surface area (Å²) in [6.45, 7) is 5.29. The molecule has 1 atom stereocenters. The second-order valence-electron chi connectivity index (χ2n) is 6.29. The molecule has 2 heterocycles. The minimum Gasteiger partial charge on any atom is -0.357 e. The van der Waals surface area contributed by atoms with Crippen LogP contribution in [0.2, 0.25) is 0 Å². The van der Waals surface area contributed by atoms with Crippen molar-refractivity contribution in [3.8, 4) is 0 Å². The normalized spacial score (nSPS) is 18.5. The van der Waals surface area contributed by atoms with Crippen molar-refractivity contribution in [3.63, 3.8) is 0 Å². The zero-order valence-corrected chi connectivity index (χ0v) is 17.5. The van der Waals surface area contributed by atoms with Gasteiger partial charge in [-0.15, -0.1) is 24.0 Å². The molecule has 26 heavy (non-hydrogen) atoms. The molecule has 0 radical (unpaired) electrons. The highest BCUT2D eigenvalue weighted by molar-refractivity contribution is 14.0. The van der Waals surface area contributed by atoms with Crippen LogP contribution in [0, 0.1) is 6.92 Å². The molecule has 0 aromatic carbocycles. The van der Waals surface area contributed by atoms with Crippen LogP contribution in [0.4, 0.5) is 13.2 Å². The molecule has 1 fully saturated rings. The van der Waals surface area contributed by atoms with Crippen molar-refractivity contribution < 1.29 is 13.2 Å². The van der Waals surface area contributed by atoms with Crippen LogP contribution in [0.3, 0.4) is 0 Å². The van der Waals surface area contributed by atoms with Crippen LogP contribution in [-0.2, 0) is 6.42 Å². The Kier molecular flexibility index (Phi) is 9.62. The average Bonchev–Trinajstić information content (AvgIpc) is 2.94. The lowest BCUT2D eigenvalue weighted by Gasteiger charge is -2.19. The Labute approximate surface area is 169 Å². The predicted molar refractivity (Wildman–Crippen MR) is 108 cm³/mol. The molecule has 2 rings (SSSR count). The summed E-state index contributed by atoms with van der Waals surface area (Å²) >= 11 is 0. The number of guanidine groups is 1. The molecule has 1 unspecified atom stereocenters. The maximum Gasteiger partial charge on any atom is 0.401 e. The van der Waals surface area contributed by atoms with Gasteiger partial charge < -0.3 is 10.6 Å². The van der Waals surface area contributed by atoms with Gasteiger partial charge in [0.2, 0.25) is 0 Å². The van der Waals surface area contributed by atoms with Crippen LogP contribution in [0.25, 0.3) is 0 Å². The van der Waals surface area contributed by atoms with E-state index in [1.807, 2.05) is 26.1 Å². The Morgan fingerprint density at radius 1 is 1.42 bits per heavy atom. The molecule has 5 nitrogen and oxygen atoms in total. The van der Waals surface area contributed by atoms with Gasteiger partial charge in [0, 0.05) is 44.6 Å². The Balaban J connectivity index is 0.00000338. The summed E-state index contributed by atoms with van der Waals surface area (Å²) in [5.41, 5.74) is 2.33. The number of nitrogens with one attached hydrogen (secondary N) is 2. The van der Waals surface area contributed by atoms with Crippen molar-refractivity contribution in [2.24, 2.45) is 4.99 Å². The average molecular weight is 485 g/mol. The summed E-state index contributed by atoms with van der Waals surface area (Å²) in [6.07, 6.45) is 0.940. The lowest BCUT2D eigenvalue weighted by Crippen LogP contribution is -2.45. The summed E-state index contributed by atoms with van der Waals surface area (Å²) in [6, 6.07) is 1.97. The number of likely N-dealkylation sites (tertiary alicyclic amines) is 1. The largest absolute Gasteiger partial charge is 0.401 e. The van der Waals surface area contributed by atoms with E-state index < -0.39 is 12.7 Å². The number of aromatic nitrogens is 1. The predicted octanol–water partition coefficient (Wildman–Crippen LogP) is 2.74. The molecule has 2 N–H and O–H groups in total. The molecule has 9 heteroatoms. The van der Waals surface area contributed by atoms with E-state index in [0.29, 0.717) is 38.6 Å². The Hall–Kier alpha value is -1.10. The van der Waals surface area contributed by atoms with E-state index in [1.165, 1.54) is 10.5 Å². The van der Waals surface area contributed by atoms with Gasteiger partial charge in [-0.1, -0.05) is 0 Å². The minimum absolute atomic E-state index is 0. The molecule has 1 aliphatic heterocycles. The Morgan fingerprint density at radius 3 is 2.85 bits per heavy atom. The van der Waals surface area contributed by atoms with Crippen LogP contribution in [0.5, 0.6) is 0 Å². The molecule has 0 bridgehead atoms. The molecule has 0 spiro atoms. The van der Waals surface area contributed by atoms with Crippen molar-refractivity contribution in [1.82, 2.24) is 20.5 Å². The number of aliphatic imine (C=N–C) groups is 1. The van der Waals surface area contributed by atoms with E-state index in [1.54, 1.807) is 6.20 Å². The monoisotopic (exact) mass is 485 g/mol. The first-order valence-electron chi connectivity index (χ1n) is 8.61. The molecule has 0 aliphatic carbocycles. The number of alkyl halides is 3. The number of nitrogens with zero attached hydrogens (tertiary/aromatic N) is 3. The molecule has 0 saturated carbocycles. The first-order chi connectivity index (χ1) is 11.9. The van der Waals surface area contributed by atoms with Gasteiger partial charge in [-0.05, 0) is 43.9 Å². The summed E-state index contributed by atoms with van der Waals surface area (Å²) in [5, 5.41) is 6.41. The fourth-order valence-electron chi connectivity index (χ4n) is 2.93. The maximum absolute atomic E-state index is 12.5. The summed E-state index contributed by atoms with van der Waals surface area (Å²) < 4.78 is 37.4. The SMILES string of the molecule is CCNC(=NCCc1ccncc1C)NC1CCN(CC(F)(F)F)C1.I. The van der Waals surface area contributed by atoms with Crippen molar-refractivity contribution in [2.75, 3.05) is 32.7 Å². The topological polar surface area (TPSA) is 52.6 Å². The first-order valence-corrected chi connectivity index (χ1v) is 8.61. The van der Waals surface area contributed by atoms with Crippen molar-refractivity contribution >= 4 is 29.9 Å². The van der Waals surface area contributed by atoms with Gasteiger partial charge in [-0.2, -0.15) is 13.2 Å². The van der Waals surface area contributed by atoms with E-state index in [2.05, 4.69) is 20.6 Å². The molecule has 1 aromatic rings. The van der Waals surface area contributed by atoms with Crippen LogP contribution >= 0.6 is 24.0 Å². The zero-order chi connectivity index (χ0) is 18.3. The van der Waals surface area contributed by atoms with Crippen LogP contribution in [-0.4, -0.2) is 60.8 Å². The Morgan fingerprint density at radius 2 is 2.19 bits per heavy atom. The van der Waals surface area contributed by atoms with Gasteiger partial charge in [-0.3, -0.25) is 14.9 Å². The number of hydrogen-bond acceptors (Lipinski definition) is 3. The number of halogens is 4. The molecule has 1 aromatic heterocycles. The summed E-state index contributed by atoms with van der Waals surface area (Å²) in [5.74, 6) is 0.660. The fourth-order valence-corrected chi connectivity index (χ4v) is 2.93. The van der Waals surface area contributed by atoms with Crippen molar-refractivity contribution in [3.05, 3.63) is 29.6 Å². The van der Waals surface area contributed by atoms with Crippen LogP contribution < -0.4 is 10.6 Å². The number of aryl methyl sites for hydroxylation is 1. The van der Waals surface area contributed by atoms with Crippen molar-refractivity contribution in [1.29, 1.82) is 0 Å². The van der Waals surface area contributed by atoms with Gasteiger partial charge in [0.05, 0.1) is 6.54 Å². The van der Waals surface area contributed by atoms with Gasteiger partial charge >= 0.3 is 6.18 Å². The smallest absolute Gasteiger partial charge is 0.357 e. The highest BCUT2D eigenvalue weighted by Gasteiger charge is 2.34. The lowest BCUT2D eigenvalue weighted by atomic mass is 10.1. The minimum atomic E-state index is -4.14. The van der Waals surface area contributed by atoms with E-state index in [9.17, 15) is 13.2 Å². The fraction of sp³-hybridized carbons (Fsp3) is 0.647.